The van der Waals surface area contributed by atoms with E-state index >= 15 is 0 Å². The highest BCUT2D eigenvalue weighted by Crippen LogP contribution is 2.19. The van der Waals surface area contributed by atoms with Crippen LogP contribution in [0, 0.1) is 6.92 Å². The van der Waals surface area contributed by atoms with Crippen LogP contribution in [0.25, 0.3) is 0 Å². The molecule has 0 bridgehead atoms. The van der Waals surface area contributed by atoms with Crippen molar-refractivity contribution in [2.75, 3.05) is 5.32 Å². The number of thiocarbonyl (C=S) groups is 1. The molecule has 0 spiro atoms. The van der Waals surface area contributed by atoms with Crippen LogP contribution >= 0.6 is 12.2 Å². The molecule has 142 valence electrons. The standard InChI is InChI=1S/C20H22N2O4S/c1-4-12(2)26-15-8-5-7-14(11-15)18(23)22-20(27)21-17-10-6-9-16(13(17)3)19(24)25/h5-12H,4H2,1-3H3,(H,24,25)(H2,21,22,23,27)/t12-/m0/s1. The number of carboxylic acids is 1. The normalized spacial score (nSPS) is 11.4. The molecular weight excluding hydrogens is 364 g/mol. The Labute approximate surface area is 163 Å². The fraction of sp³-hybridized carbons (Fsp3) is 0.250. The van der Waals surface area contributed by atoms with Gasteiger partial charge in [0.15, 0.2) is 5.11 Å². The molecule has 27 heavy (non-hydrogen) atoms. The van der Waals surface area contributed by atoms with Crippen molar-refractivity contribution in [1.29, 1.82) is 0 Å². The van der Waals surface area contributed by atoms with Gasteiger partial charge in [-0.3, -0.25) is 10.1 Å². The molecule has 0 saturated carbocycles. The lowest BCUT2D eigenvalue weighted by molar-refractivity contribution is 0.0696. The van der Waals surface area contributed by atoms with Crippen molar-refractivity contribution in [3.05, 3.63) is 59.2 Å². The summed E-state index contributed by atoms with van der Waals surface area (Å²) in [7, 11) is 0. The molecule has 0 aromatic heterocycles. The van der Waals surface area contributed by atoms with Crippen molar-refractivity contribution < 1.29 is 19.4 Å². The van der Waals surface area contributed by atoms with Gasteiger partial charge >= 0.3 is 5.97 Å². The number of carboxylic acid groups (broad SMARTS) is 1. The van der Waals surface area contributed by atoms with E-state index in [1.165, 1.54) is 6.07 Å². The van der Waals surface area contributed by atoms with E-state index in [0.29, 0.717) is 22.6 Å². The first-order chi connectivity index (χ1) is 12.8. The highest BCUT2D eigenvalue weighted by Gasteiger charge is 2.13. The van der Waals surface area contributed by atoms with Crippen molar-refractivity contribution >= 4 is 34.9 Å². The lowest BCUT2D eigenvalue weighted by atomic mass is 10.1. The van der Waals surface area contributed by atoms with Crippen molar-refractivity contribution in [2.45, 2.75) is 33.3 Å². The summed E-state index contributed by atoms with van der Waals surface area (Å²) < 4.78 is 5.72. The van der Waals surface area contributed by atoms with Crippen molar-refractivity contribution in [3.8, 4) is 5.75 Å². The average molecular weight is 386 g/mol. The molecule has 0 unspecified atom stereocenters. The predicted molar refractivity (Wildman–Crippen MR) is 109 cm³/mol. The van der Waals surface area contributed by atoms with Crippen LogP contribution in [-0.2, 0) is 0 Å². The maximum Gasteiger partial charge on any atom is 0.336 e. The first kappa shape index (κ1) is 20.4. The summed E-state index contributed by atoms with van der Waals surface area (Å²) in [6.07, 6.45) is 0.912. The second kappa shape index (κ2) is 9.14. The molecule has 6 nitrogen and oxygen atoms in total. The summed E-state index contributed by atoms with van der Waals surface area (Å²) in [5, 5.41) is 14.7. The molecule has 0 fully saturated rings. The number of hydrogen-bond donors (Lipinski definition) is 3. The van der Waals surface area contributed by atoms with Gasteiger partial charge in [0, 0.05) is 11.3 Å². The van der Waals surface area contributed by atoms with Gasteiger partial charge in [0.2, 0.25) is 0 Å². The molecule has 1 amide bonds. The second-order valence-electron chi connectivity index (χ2n) is 6.06. The van der Waals surface area contributed by atoms with Crippen LogP contribution in [0.15, 0.2) is 42.5 Å². The fourth-order valence-electron chi connectivity index (χ4n) is 2.36. The number of benzene rings is 2. The largest absolute Gasteiger partial charge is 0.491 e. The Kier molecular flexibility index (Phi) is 6.90. The third kappa shape index (κ3) is 5.52. The SMILES string of the molecule is CC[C@H](C)Oc1cccc(C(=O)NC(=S)Nc2cccc(C(=O)O)c2C)c1. The Morgan fingerprint density at radius 1 is 1.22 bits per heavy atom. The summed E-state index contributed by atoms with van der Waals surface area (Å²) in [5.74, 6) is -0.792. The molecule has 0 aliphatic carbocycles. The van der Waals surface area contributed by atoms with Crippen LogP contribution < -0.4 is 15.4 Å². The van der Waals surface area contributed by atoms with E-state index < -0.39 is 5.97 Å². The molecule has 7 heteroatoms. The lowest BCUT2D eigenvalue weighted by Gasteiger charge is -2.14. The van der Waals surface area contributed by atoms with Crippen LogP contribution in [0.2, 0.25) is 0 Å². The Balaban J connectivity index is 2.06. The number of carbonyl (C=O) groups is 2. The zero-order valence-corrected chi connectivity index (χ0v) is 16.2. The van der Waals surface area contributed by atoms with Gasteiger partial charge in [-0.2, -0.15) is 0 Å². The molecule has 2 aromatic carbocycles. The summed E-state index contributed by atoms with van der Waals surface area (Å²) >= 11 is 5.18. The number of amides is 1. The number of hydrogen-bond acceptors (Lipinski definition) is 4. The minimum absolute atomic E-state index is 0.0514. The molecule has 0 saturated heterocycles. The smallest absolute Gasteiger partial charge is 0.336 e. The lowest BCUT2D eigenvalue weighted by Crippen LogP contribution is -2.34. The van der Waals surface area contributed by atoms with Gasteiger partial charge in [-0.1, -0.05) is 19.1 Å². The van der Waals surface area contributed by atoms with Crippen LogP contribution in [0.4, 0.5) is 5.69 Å². The minimum Gasteiger partial charge on any atom is -0.491 e. The summed E-state index contributed by atoms with van der Waals surface area (Å²) in [6, 6.07) is 11.7. The maximum absolute atomic E-state index is 12.4. The second-order valence-corrected chi connectivity index (χ2v) is 6.46. The highest BCUT2D eigenvalue weighted by atomic mass is 32.1. The number of nitrogens with one attached hydrogen (secondary N) is 2. The fourth-order valence-corrected chi connectivity index (χ4v) is 2.56. The molecule has 1 atom stereocenters. The highest BCUT2D eigenvalue weighted by molar-refractivity contribution is 7.80. The first-order valence-corrected chi connectivity index (χ1v) is 8.94. The van der Waals surface area contributed by atoms with E-state index in [-0.39, 0.29) is 22.7 Å². The van der Waals surface area contributed by atoms with E-state index in [9.17, 15) is 14.7 Å². The number of anilines is 1. The Morgan fingerprint density at radius 2 is 1.93 bits per heavy atom. The summed E-state index contributed by atoms with van der Waals surface area (Å²) in [6.45, 7) is 5.65. The van der Waals surface area contributed by atoms with E-state index in [1.54, 1.807) is 43.3 Å². The van der Waals surface area contributed by atoms with Crippen LogP contribution in [-0.4, -0.2) is 28.2 Å². The van der Waals surface area contributed by atoms with E-state index in [1.807, 2.05) is 13.8 Å². The maximum atomic E-state index is 12.4. The molecule has 0 aliphatic heterocycles. The molecule has 0 aliphatic rings. The van der Waals surface area contributed by atoms with E-state index in [0.717, 1.165) is 6.42 Å². The van der Waals surface area contributed by atoms with E-state index in [2.05, 4.69) is 10.6 Å². The van der Waals surface area contributed by atoms with Crippen LogP contribution in [0.5, 0.6) is 5.75 Å². The van der Waals surface area contributed by atoms with Gasteiger partial charge in [-0.25, -0.2) is 4.79 Å². The Morgan fingerprint density at radius 3 is 2.59 bits per heavy atom. The molecule has 2 rings (SSSR count). The molecule has 2 aromatic rings. The van der Waals surface area contributed by atoms with Gasteiger partial charge in [-0.05, 0) is 68.4 Å². The van der Waals surface area contributed by atoms with Gasteiger partial charge in [0.1, 0.15) is 5.75 Å². The monoisotopic (exact) mass is 386 g/mol. The van der Waals surface area contributed by atoms with Crippen molar-refractivity contribution in [1.82, 2.24) is 5.32 Å². The van der Waals surface area contributed by atoms with Crippen LogP contribution in [0.1, 0.15) is 46.5 Å². The predicted octanol–water partition coefficient (Wildman–Crippen LogP) is 4.00. The third-order valence-electron chi connectivity index (χ3n) is 4.05. The van der Waals surface area contributed by atoms with Gasteiger partial charge in [0.05, 0.1) is 11.7 Å². The zero-order valence-electron chi connectivity index (χ0n) is 15.4. The van der Waals surface area contributed by atoms with E-state index in [4.69, 9.17) is 17.0 Å². The van der Waals surface area contributed by atoms with Gasteiger partial charge < -0.3 is 15.2 Å². The molecular formula is C20H22N2O4S. The molecule has 0 radical (unpaired) electrons. The van der Waals surface area contributed by atoms with Gasteiger partial charge in [-0.15, -0.1) is 0 Å². The van der Waals surface area contributed by atoms with Crippen molar-refractivity contribution in [2.24, 2.45) is 0 Å². The first-order valence-electron chi connectivity index (χ1n) is 8.53. The van der Waals surface area contributed by atoms with Crippen LogP contribution in [0.3, 0.4) is 0 Å². The number of rotatable bonds is 6. The average Bonchev–Trinajstić information content (AvgIpc) is 2.63. The Hall–Kier alpha value is -2.93. The topological polar surface area (TPSA) is 87.7 Å². The summed E-state index contributed by atoms with van der Waals surface area (Å²) in [4.78, 5) is 23.6. The van der Waals surface area contributed by atoms with Gasteiger partial charge in [0.25, 0.3) is 5.91 Å². The molecule has 3 N–H and O–H groups in total. The number of carbonyl (C=O) groups excluding carboxylic acids is 1. The molecule has 0 heterocycles. The number of aromatic carboxylic acids is 1. The quantitative estimate of drug-likeness (QED) is 0.651. The van der Waals surface area contributed by atoms with Crippen molar-refractivity contribution in [3.63, 3.8) is 0 Å². The zero-order chi connectivity index (χ0) is 20.0. The number of ether oxygens (including phenoxy) is 1. The third-order valence-corrected chi connectivity index (χ3v) is 4.25. The Bertz CT molecular complexity index is 867. The minimum atomic E-state index is -1.02. The summed E-state index contributed by atoms with van der Waals surface area (Å²) in [5.41, 5.74) is 1.64.